The number of fused-ring (bicyclic) bond motifs is 1. The van der Waals surface area contributed by atoms with Gasteiger partial charge in [0, 0.05) is 17.8 Å². The van der Waals surface area contributed by atoms with Crippen molar-refractivity contribution in [3.8, 4) is 17.3 Å². The molecule has 4 rings (SSSR count). The van der Waals surface area contributed by atoms with Gasteiger partial charge in [-0.1, -0.05) is 36.4 Å². The molecule has 3 N–H and O–H groups in total. The Bertz CT molecular complexity index is 1200. The predicted octanol–water partition coefficient (Wildman–Crippen LogP) is 2.97. The van der Waals surface area contributed by atoms with Gasteiger partial charge in [0.2, 0.25) is 6.33 Å². The Morgan fingerprint density at radius 1 is 1.07 bits per heavy atom. The summed E-state index contributed by atoms with van der Waals surface area (Å²) in [5.74, 6) is -0.551. The standard InChI is InChI=1S/C22H17N6O/c23-12-11-15-3-7-18(8-4-15)25-13-16-1-5-17(6-2-16)20-10-9-19(21(24)29)22-26-14-27-28(20)22/h1-10,25H,11,13H2,(H2,24,29). The smallest absolute Gasteiger partial charge is 0.252 e. The van der Waals surface area contributed by atoms with Crippen molar-refractivity contribution in [1.29, 1.82) is 5.26 Å². The van der Waals surface area contributed by atoms with E-state index in [0.717, 1.165) is 28.1 Å². The van der Waals surface area contributed by atoms with Crippen molar-refractivity contribution >= 4 is 17.2 Å². The zero-order valence-corrected chi connectivity index (χ0v) is 15.5. The van der Waals surface area contributed by atoms with E-state index in [-0.39, 0.29) is 0 Å². The highest BCUT2D eigenvalue weighted by Gasteiger charge is 2.13. The maximum absolute atomic E-state index is 11.6. The molecule has 0 bridgehead atoms. The van der Waals surface area contributed by atoms with Gasteiger partial charge in [-0.25, -0.2) is 9.50 Å². The fourth-order valence-corrected chi connectivity index (χ4v) is 3.10. The third-order valence-electron chi connectivity index (χ3n) is 4.63. The molecule has 2 aromatic carbocycles. The Morgan fingerprint density at radius 2 is 1.79 bits per heavy atom. The molecule has 0 saturated heterocycles. The number of hydrogen-bond acceptors (Lipinski definition) is 5. The van der Waals surface area contributed by atoms with Gasteiger partial charge in [-0.3, -0.25) is 4.79 Å². The molecule has 0 spiro atoms. The van der Waals surface area contributed by atoms with Gasteiger partial charge < -0.3 is 11.1 Å². The topological polar surface area (TPSA) is 109 Å². The van der Waals surface area contributed by atoms with Gasteiger partial charge >= 0.3 is 0 Å². The second kappa shape index (κ2) is 7.82. The molecule has 0 unspecified atom stereocenters. The molecule has 4 aromatic rings. The number of nitrogens with two attached hydrogens (primary N) is 1. The molecule has 2 heterocycles. The number of pyridine rings is 1. The quantitative estimate of drug-likeness (QED) is 0.534. The van der Waals surface area contributed by atoms with E-state index < -0.39 is 5.91 Å². The Hall–Kier alpha value is -4.18. The maximum atomic E-state index is 11.6. The van der Waals surface area contributed by atoms with Crippen LogP contribution in [-0.2, 0) is 13.0 Å². The lowest BCUT2D eigenvalue weighted by Gasteiger charge is -2.09. The minimum absolute atomic E-state index is 0.309. The molecule has 0 aliphatic carbocycles. The third kappa shape index (κ3) is 3.77. The van der Waals surface area contributed by atoms with Crippen molar-refractivity contribution in [3.05, 3.63) is 83.7 Å². The number of nitrogens with one attached hydrogen (secondary N) is 1. The summed E-state index contributed by atoms with van der Waals surface area (Å²) in [6.45, 7) is 0.672. The highest BCUT2D eigenvalue weighted by atomic mass is 16.1. The fraction of sp³-hybridized carbons (Fsp3) is 0.0909. The summed E-state index contributed by atoms with van der Waals surface area (Å²) in [6.07, 6.45) is 2.95. The first kappa shape index (κ1) is 18.2. The second-order valence-electron chi connectivity index (χ2n) is 6.53. The van der Waals surface area contributed by atoms with Crippen molar-refractivity contribution in [3.63, 3.8) is 0 Å². The minimum Gasteiger partial charge on any atom is -0.381 e. The maximum Gasteiger partial charge on any atom is 0.252 e. The van der Waals surface area contributed by atoms with Crippen LogP contribution in [0.2, 0.25) is 0 Å². The van der Waals surface area contributed by atoms with Gasteiger partial charge in [0.1, 0.15) is 0 Å². The van der Waals surface area contributed by atoms with E-state index in [1.54, 1.807) is 16.6 Å². The van der Waals surface area contributed by atoms with Gasteiger partial charge in [-0.05, 0) is 35.4 Å². The molecule has 1 amide bonds. The van der Waals surface area contributed by atoms with Crippen LogP contribution in [-0.4, -0.2) is 20.5 Å². The van der Waals surface area contributed by atoms with Crippen LogP contribution in [0, 0.1) is 17.7 Å². The summed E-state index contributed by atoms with van der Waals surface area (Å²) >= 11 is 0. The Balaban J connectivity index is 1.50. The second-order valence-corrected chi connectivity index (χ2v) is 6.53. The molecule has 0 aliphatic rings. The fourth-order valence-electron chi connectivity index (χ4n) is 3.10. The molecular formula is C22H17N6O. The van der Waals surface area contributed by atoms with E-state index >= 15 is 0 Å². The van der Waals surface area contributed by atoms with E-state index in [1.165, 1.54) is 0 Å². The van der Waals surface area contributed by atoms with Crippen molar-refractivity contribution in [2.75, 3.05) is 5.32 Å². The van der Waals surface area contributed by atoms with E-state index in [2.05, 4.69) is 27.8 Å². The van der Waals surface area contributed by atoms with E-state index in [4.69, 9.17) is 11.0 Å². The number of anilines is 1. The zero-order chi connectivity index (χ0) is 20.2. The summed E-state index contributed by atoms with van der Waals surface area (Å²) in [7, 11) is 0. The number of primary amides is 1. The van der Waals surface area contributed by atoms with Crippen molar-refractivity contribution in [2.24, 2.45) is 5.73 Å². The highest BCUT2D eigenvalue weighted by molar-refractivity contribution is 5.99. The van der Waals surface area contributed by atoms with Gasteiger partial charge in [0.25, 0.3) is 5.91 Å². The van der Waals surface area contributed by atoms with Crippen LogP contribution in [0.1, 0.15) is 21.5 Å². The number of rotatable bonds is 6. The molecule has 2 aromatic heterocycles. The van der Waals surface area contributed by atoms with E-state index in [1.807, 2.05) is 48.5 Å². The average molecular weight is 381 g/mol. The van der Waals surface area contributed by atoms with Gasteiger partial charge in [-0.2, -0.15) is 5.26 Å². The number of amides is 1. The van der Waals surface area contributed by atoms with Crippen molar-refractivity contribution in [2.45, 2.75) is 13.0 Å². The first-order chi connectivity index (χ1) is 14.2. The van der Waals surface area contributed by atoms with Crippen LogP contribution in [0.25, 0.3) is 16.9 Å². The first-order valence-electron chi connectivity index (χ1n) is 9.00. The SMILES string of the molecule is N#CCc1ccc(NCc2ccc(-c3ccc(C(N)=O)c4n[c]nn34)cc2)cc1. The van der Waals surface area contributed by atoms with E-state index in [0.29, 0.717) is 24.2 Å². The summed E-state index contributed by atoms with van der Waals surface area (Å²) < 4.78 is 1.57. The Kier molecular flexibility index (Phi) is 4.91. The van der Waals surface area contributed by atoms with Crippen LogP contribution < -0.4 is 11.1 Å². The zero-order valence-electron chi connectivity index (χ0n) is 15.5. The molecule has 7 heteroatoms. The van der Waals surface area contributed by atoms with Crippen LogP contribution in [0.5, 0.6) is 0 Å². The lowest BCUT2D eigenvalue weighted by Crippen LogP contribution is -2.13. The number of hydrogen-bond donors (Lipinski definition) is 2. The lowest BCUT2D eigenvalue weighted by molar-refractivity contribution is 0.100. The normalized spacial score (nSPS) is 10.6. The number of nitrogens with zero attached hydrogens (tertiary/aromatic N) is 4. The minimum atomic E-state index is -0.551. The monoisotopic (exact) mass is 381 g/mol. The van der Waals surface area contributed by atoms with E-state index in [9.17, 15) is 4.79 Å². The van der Waals surface area contributed by atoms with Gasteiger partial charge in [0.15, 0.2) is 5.65 Å². The number of carbonyl (C=O) groups excluding carboxylic acids is 1. The highest BCUT2D eigenvalue weighted by Crippen LogP contribution is 2.22. The molecule has 141 valence electrons. The number of benzene rings is 2. The number of carbonyl (C=O) groups is 1. The van der Waals surface area contributed by atoms with Gasteiger partial charge in [0.05, 0.1) is 23.7 Å². The van der Waals surface area contributed by atoms with Crippen molar-refractivity contribution in [1.82, 2.24) is 14.6 Å². The van der Waals surface area contributed by atoms with Crippen LogP contribution in [0.3, 0.4) is 0 Å². The lowest BCUT2D eigenvalue weighted by atomic mass is 10.1. The molecule has 0 fully saturated rings. The first-order valence-corrected chi connectivity index (χ1v) is 9.00. The molecular weight excluding hydrogens is 364 g/mol. The molecule has 1 radical (unpaired) electrons. The van der Waals surface area contributed by atoms with Gasteiger partial charge in [-0.15, -0.1) is 5.10 Å². The number of nitriles is 1. The predicted molar refractivity (Wildman–Crippen MR) is 109 cm³/mol. The Morgan fingerprint density at radius 3 is 2.48 bits per heavy atom. The summed E-state index contributed by atoms with van der Waals surface area (Å²) in [6, 6.07) is 21.5. The molecule has 0 saturated carbocycles. The molecule has 0 atom stereocenters. The molecule has 7 nitrogen and oxygen atoms in total. The summed E-state index contributed by atoms with van der Waals surface area (Å²) in [5, 5.41) is 16.2. The summed E-state index contributed by atoms with van der Waals surface area (Å²) in [4.78, 5) is 15.6. The van der Waals surface area contributed by atoms with Crippen LogP contribution >= 0.6 is 0 Å². The average Bonchev–Trinajstić information content (AvgIpc) is 3.23. The Labute approximate surface area is 167 Å². The molecule has 29 heavy (non-hydrogen) atoms. The largest absolute Gasteiger partial charge is 0.381 e. The van der Waals surface area contributed by atoms with Crippen LogP contribution in [0.4, 0.5) is 5.69 Å². The summed E-state index contributed by atoms with van der Waals surface area (Å²) in [5.41, 5.74) is 10.9. The molecule has 0 aliphatic heterocycles. The third-order valence-corrected chi connectivity index (χ3v) is 4.63. The van der Waals surface area contributed by atoms with Crippen LogP contribution in [0.15, 0.2) is 60.7 Å². The number of aromatic nitrogens is 3. The van der Waals surface area contributed by atoms with Crippen molar-refractivity contribution < 1.29 is 4.79 Å².